The van der Waals surface area contributed by atoms with Gasteiger partial charge in [-0.1, -0.05) is 6.92 Å². The maximum atomic E-state index is 5.78. The Balaban J connectivity index is 1.58. The van der Waals surface area contributed by atoms with Gasteiger partial charge in [0.1, 0.15) is 16.5 Å². The second-order valence-corrected chi connectivity index (χ2v) is 9.16. The maximum absolute atomic E-state index is 5.78. The number of anilines is 1. The fraction of sp³-hybridized carbons (Fsp3) is 0.714. The average molecular weight is 403 g/mol. The number of fused-ring (bicyclic) bond motifs is 3. The predicted octanol–water partition coefficient (Wildman–Crippen LogP) is 3.02. The third kappa shape index (κ3) is 3.54. The fourth-order valence-corrected chi connectivity index (χ4v) is 5.97. The first kappa shape index (κ1) is 18.7. The van der Waals surface area contributed by atoms with Crippen molar-refractivity contribution in [1.82, 2.24) is 14.9 Å². The SMILES string of the molecule is CCC1COCCN1c1nc(CN2CCOCC2)nc2sc3c(c12)CCCC3. The van der Waals surface area contributed by atoms with Gasteiger partial charge >= 0.3 is 0 Å². The summed E-state index contributed by atoms with van der Waals surface area (Å²) in [4.78, 5) is 17.9. The van der Waals surface area contributed by atoms with Gasteiger partial charge in [-0.3, -0.25) is 4.90 Å². The molecule has 6 nitrogen and oxygen atoms in total. The van der Waals surface area contributed by atoms with Crippen LogP contribution in [0.3, 0.4) is 0 Å². The number of rotatable bonds is 4. The molecule has 0 N–H and O–H groups in total. The van der Waals surface area contributed by atoms with Crippen LogP contribution in [0.2, 0.25) is 0 Å². The van der Waals surface area contributed by atoms with Crippen LogP contribution in [0.15, 0.2) is 0 Å². The van der Waals surface area contributed by atoms with Crippen LogP contribution in [-0.2, 0) is 28.9 Å². The predicted molar refractivity (Wildman–Crippen MR) is 112 cm³/mol. The molecule has 5 rings (SSSR count). The minimum Gasteiger partial charge on any atom is -0.379 e. The summed E-state index contributed by atoms with van der Waals surface area (Å²) in [6.07, 6.45) is 6.05. The molecule has 0 radical (unpaired) electrons. The summed E-state index contributed by atoms with van der Waals surface area (Å²) in [5, 5.41) is 1.34. The van der Waals surface area contributed by atoms with E-state index >= 15 is 0 Å². The first-order valence-corrected chi connectivity index (χ1v) is 11.6. The molecule has 3 aliphatic rings. The molecule has 2 saturated heterocycles. The number of ether oxygens (including phenoxy) is 2. The Morgan fingerprint density at radius 3 is 2.71 bits per heavy atom. The average Bonchev–Trinajstić information content (AvgIpc) is 3.12. The number of morpholine rings is 2. The minimum absolute atomic E-state index is 0.405. The first-order valence-electron chi connectivity index (χ1n) is 10.8. The van der Waals surface area contributed by atoms with Crippen LogP contribution in [0.1, 0.15) is 42.5 Å². The van der Waals surface area contributed by atoms with E-state index < -0.39 is 0 Å². The highest BCUT2D eigenvalue weighted by Crippen LogP contribution is 2.40. The normalized spacial score (nSPS) is 23.9. The van der Waals surface area contributed by atoms with Gasteiger partial charge in [-0.2, -0.15) is 0 Å². The first-order chi connectivity index (χ1) is 13.8. The molecule has 2 aromatic heterocycles. The van der Waals surface area contributed by atoms with Gasteiger partial charge in [-0.05, 0) is 37.7 Å². The zero-order valence-corrected chi connectivity index (χ0v) is 17.6. The van der Waals surface area contributed by atoms with Gasteiger partial charge in [0, 0.05) is 24.5 Å². The number of aromatic nitrogens is 2. The highest BCUT2D eigenvalue weighted by atomic mass is 32.1. The van der Waals surface area contributed by atoms with Crippen molar-refractivity contribution in [3.8, 4) is 0 Å². The zero-order chi connectivity index (χ0) is 18.9. The molecule has 2 fully saturated rings. The Bertz CT molecular complexity index is 833. The van der Waals surface area contributed by atoms with Crippen molar-refractivity contribution in [2.45, 2.75) is 51.6 Å². The van der Waals surface area contributed by atoms with Crippen LogP contribution in [0, 0.1) is 0 Å². The number of thiophene rings is 1. The molecule has 152 valence electrons. The third-order valence-electron chi connectivity index (χ3n) is 6.28. The van der Waals surface area contributed by atoms with Crippen LogP contribution in [-0.4, -0.2) is 67.0 Å². The lowest BCUT2D eigenvalue weighted by Gasteiger charge is -2.37. The molecule has 0 aromatic carbocycles. The molecule has 2 aliphatic heterocycles. The quantitative estimate of drug-likeness (QED) is 0.784. The highest BCUT2D eigenvalue weighted by molar-refractivity contribution is 7.19. The molecule has 2 aromatic rings. The van der Waals surface area contributed by atoms with Crippen LogP contribution in [0.5, 0.6) is 0 Å². The maximum Gasteiger partial charge on any atom is 0.146 e. The molecular formula is C21H30N4O2S. The molecule has 4 heterocycles. The van der Waals surface area contributed by atoms with Crippen molar-refractivity contribution in [1.29, 1.82) is 0 Å². The fourth-order valence-electron chi connectivity index (χ4n) is 4.69. The van der Waals surface area contributed by atoms with Crippen LogP contribution in [0.25, 0.3) is 10.2 Å². The van der Waals surface area contributed by atoms with Gasteiger partial charge in [0.15, 0.2) is 0 Å². The summed E-state index contributed by atoms with van der Waals surface area (Å²) in [5.41, 5.74) is 1.53. The van der Waals surface area contributed by atoms with Crippen molar-refractivity contribution in [3.63, 3.8) is 0 Å². The van der Waals surface area contributed by atoms with E-state index in [0.29, 0.717) is 6.04 Å². The number of hydrogen-bond acceptors (Lipinski definition) is 7. The lowest BCUT2D eigenvalue weighted by molar-refractivity contribution is 0.0331. The Hall–Kier alpha value is -1.28. The van der Waals surface area contributed by atoms with Gasteiger partial charge in [-0.25, -0.2) is 9.97 Å². The highest BCUT2D eigenvalue weighted by Gasteiger charge is 2.29. The van der Waals surface area contributed by atoms with E-state index in [1.54, 1.807) is 4.88 Å². The summed E-state index contributed by atoms with van der Waals surface area (Å²) in [6.45, 7) is 9.12. The summed E-state index contributed by atoms with van der Waals surface area (Å²) in [5.74, 6) is 2.13. The summed E-state index contributed by atoms with van der Waals surface area (Å²) in [6, 6.07) is 0.405. The number of aryl methyl sites for hydroxylation is 2. The van der Waals surface area contributed by atoms with E-state index in [-0.39, 0.29) is 0 Å². The van der Waals surface area contributed by atoms with E-state index in [4.69, 9.17) is 19.4 Å². The largest absolute Gasteiger partial charge is 0.379 e. The van der Waals surface area contributed by atoms with Crippen molar-refractivity contribution < 1.29 is 9.47 Å². The van der Waals surface area contributed by atoms with Crippen molar-refractivity contribution in [2.24, 2.45) is 0 Å². The molecule has 0 saturated carbocycles. The molecule has 0 bridgehead atoms. The Labute approximate surface area is 170 Å². The number of hydrogen-bond donors (Lipinski definition) is 0. The standard InChI is InChI=1S/C21H30N4O2S/c1-2-15-14-27-12-9-25(15)20-19-16-5-3-4-6-17(16)28-21(19)23-18(22-20)13-24-7-10-26-11-8-24/h15H,2-14H2,1H3. The molecule has 0 amide bonds. The van der Waals surface area contributed by atoms with Gasteiger partial charge in [-0.15, -0.1) is 11.3 Å². The molecule has 1 unspecified atom stereocenters. The van der Waals surface area contributed by atoms with E-state index in [0.717, 1.165) is 64.9 Å². The van der Waals surface area contributed by atoms with Crippen molar-refractivity contribution >= 4 is 27.4 Å². The van der Waals surface area contributed by atoms with E-state index in [1.807, 2.05) is 11.3 Å². The molecule has 7 heteroatoms. The third-order valence-corrected chi connectivity index (χ3v) is 7.47. The summed E-state index contributed by atoms with van der Waals surface area (Å²) >= 11 is 1.91. The number of nitrogens with zero attached hydrogens (tertiary/aromatic N) is 4. The van der Waals surface area contributed by atoms with Gasteiger partial charge in [0.2, 0.25) is 0 Å². The zero-order valence-electron chi connectivity index (χ0n) is 16.8. The monoisotopic (exact) mass is 402 g/mol. The van der Waals surface area contributed by atoms with E-state index in [9.17, 15) is 0 Å². The lowest BCUT2D eigenvalue weighted by Crippen LogP contribution is -2.46. The summed E-state index contributed by atoms with van der Waals surface area (Å²) < 4.78 is 11.3. The van der Waals surface area contributed by atoms with Crippen LogP contribution < -0.4 is 4.90 Å². The van der Waals surface area contributed by atoms with Crippen LogP contribution in [0.4, 0.5) is 5.82 Å². The lowest BCUT2D eigenvalue weighted by atomic mass is 9.96. The van der Waals surface area contributed by atoms with E-state index in [1.165, 1.54) is 47.3 Å². The van der Waals surface area contributed by atoms with Crippen molar-refractivity contribution in [3.05, 3.63) is 16.3 Å². The van der Waals surface area contributed by atoms with Crippen LogP contribution >= 0.6 is 11.3 Å². The minimum atomic E-state index is 0.405. The van der Waals surface area contributed by atoms with Gasteiger partial charge < -0.3 is 14.4 Å². The summed E-state index contributed by atoms with van der Waals surface area (Å²) in [7, 11) is 0. The molecule has 1 aliphatic carbocycles. The topological polar surface area (TPSA) is 50.7 Å². The molecule has 1 atom stereocenters. The molecule has 28 heavy (non-hydrogen) atoms. The second kappa shape index (κ2) is 8.22. The molecule has 0 spiro atoms. The Kier molecular flexibility index (Phi) is 5.50. The Morgan fingerprint density at radius 2 is 1.86 bits per heavy atom. The smallest absolute Gasteiger partial charge is 0.146 e. The van der Waals surface area contributed by atoms with E-state index in [2.05, 4.69) is 16.7 Å². The van der Waals surface area contributed by atoms with Gasteiger partial charge in [0.25, 0.3) is 0 Å². The second-order valence-electron chi connectivity index (χ2n) is 8.07. The van der Waals surface area contributed by atoms with Gasteiger partial charge in [0.05, 0.1) is 44.4 Å². The Morgan fingerprint density at radius 1 is 1.04 bits per heavy atom. The molecular weight excluding hydrogens is 372 g/mol. The van der Waals surface area contributed by atoms with Crippen molar-refractivity contribution in [2.75, 3.05) is 51.0 Å².